The number of amides is 1. The highest BCUT2D eigenvalue weighted by Crippen LogP contribution is 2.37. The molecule has 0 radical (unpaired) electrons. The summed E-state index contributed by atoms with van der Waals surface area (Å²) in [6.45, 7) is 9.71. The number of nitrogen functional groups attached to an aromatic ring is 1. The first-order chi connectivity index (χ1) is 18.0. The summed E-state index contributed by atoms with van der Waals surface area (Å²) in [6.07, 6.45) is 2.85. The molecule has 15 heteroatoms. The quantitative estimate of drug-likeness (QED) is 0.263. The van der Waals surface area contributed by atoms with E-state index in [1.807, 2.05) is 25.3 Å². The Kier molecular flexibility index (Phi) is 10.8. The summed E-state index contributed by atoms with van der Waals surface area (Å²) < 4.78 is 35.7. The molecule has 0 aliphatic carbocycles. The Balaban J connectivity index is 1.33. The minimum atomic E-state index is -2.36. The van der Waals surface area contributed by atoms with Gasteiger partial charge in [0.25, 0.3) is 0 Å². The van der Waals surface area contributed by atoms with Crippen molar-refractivity contribution in [2.45, 2.75) is 65.9 Å². The lowest BCUT2D eigenvalue weighted by molar-refractivity contribution is -0.118. The Morgan fingerprint density at radius 2 is 2.08 bits per heavy atom. The number of nitrogens with two attached hydrogens (primary N) is 1. The zero-order chi connectivity index (χ0) is 27.9. The Bertz CT molecular complexity index is 1130. The lowest BCUT2D eigenvalue weighted by atomic mass is 9.91. The van der Waals surface area contributed by atoms with Crippen LogP contribution in [0.4, 0.5) is 10.6 Å². The van der Waals surface area contributed by atoms with Crippen molar-refractivity contribution in [3.8, 4) is 0 Å². The van der Waals surface area contributed by atoms with E-state index < -0.39 is 19.8 Å². The van der Waals surface area contributed by atoms with E-state index >= 15 is 0 Å². The number of hydrogen-bond donors (Lipinski definition) is 2. The molecule has 2 aromatic rings. The van der Waals surface area contributed by atoms with Crippen molar-refractivity contribution >= 4 is 48.2 Å². The molecule has 1 aliphatic rings. The number of ether oxygens (including phenoxy) is 2. The summed E-state index contributed by atoms with van der Waals surface area (Å²) in [5, 5.41) is 2.59. The zero-order valence-corrected chi connectivity index (χ0v) is 24.0. The van der Waals surface area contributed by atoms with E-state index in [9.17, 15) is 14.2 Å². The molecule has 3 N–H and O–H groups in total. The van der Waals surface area contributed by atoms with Gasteiger partial charge in [-0.3, -0.25) is 9.36 Å². The number of nitrogens with one attached hydrogen (secondary N) is 1. The van der Waals surface area contributed by atoms with Gasteiger partial charge in [-0.15, -0.1) is 9.05 Å². The normalized spacial score (nSPS) is 20.2. The average molecular weight is 572 g/mol. The van der Waals surface area contributed by atoms with Gasteiger partial charge in [0, 0.05) is 28.2 Å². The number of carbonyl (C=O) groups is 2. The van der Waals surface area contributed by atoms with Crippen LogP contribution in [0.2, 0.25) is 0 Å². The van der Waals surface area contributed by atoms with Gasteiger partial charge in [0.1, 0.15) is 31.3 Å². The minimum absolute atomic E-state index is 0.0466. The Morgan fingerprint density at radius 1 is 1.32 bits per heavy atom. The molecule has 1 saturated heterocycles. The van der Waals surface area contributed by atoms with Crippen molar-refractivity contribution in [1.29, 1.82) is 0 Å². The van der Waals surface area contributed by atoms with E-state index in [0.717, 1.165) is 11.8 Å². The maximum Gasteiger partial charge on any atom is 0.697 e. The molecule has 0 aromatic carbocycles. The minimum Gasteiger partial charge on any atom is -0.447 e. The van der Waals surface area contributed by atoms with Crippen molar-refractivity contribution in [3.63, 3.8) is 0 Å². The highest BCUT2D eigenvalue weighted by molar-refractivity contribution is 8.13. The van der Waals surface area contributed by atoms with Crippen LogP contribution in [0.1, 0.15) is 53.7 Å². The summed E-state index contributed by atoms with van der Waals surface area (Å²) in [5.74, 6) is 0.767. The SMILES string of the molecule is CC(C)OC(=O)NCCC(C)(C)C(=O)SCCO[P+](=O)OCC1CC(C)C(n2cnc3c(N)ncnc32)O1. The molecule has 1 fully saturated rings. The second-order valence-electron chi connectivity index (χ2n) is 9.95. The monoisotopic (exact) mass is 571 g/mol. The van der Waals surface area contributed by atoms with E-state index in [4.69, 9.17) is 24.3 Å². The molecule has 0 spiro atoms. The molecule has 38 heavy (non-hydrogen) atoms. The molecule has 4 unspecified atom stereocenters. The van der Waals surface area contributed by atoms with Crippen LogP contribution in [-0.4, -0.2) is 68.4 Å². The lowest BCUT2D eigenvalue weighted by Crippen LogP contribution is -2.32. The van der Waals surface area contributed by atoms with Gasteiger partial charge in [0.15, 0.2) is 16.6 Å². The number of hydrogen-bond acceptors (Lipinski definition) is 12. The second kappa shape index (κ2) is 13.6. The lowest BCUT2D eigenvalue weighted by Gasteiger charge is -2.22. The number of rotatable bonds is 13. The zero-order valence-electron chi connectivity index (χ0n) is 22.3. The van der Waals surface area contributed by atoms with E-state index in [0.29, 0.717) is 42.1 Å². The Morgan fingerprint density at radius 3 is 2.82 bits per heavy atom. The molecular formula is C23H36N6O7PS+. The standard InChI is InChI=1S/C23H35N6O7PS/c1-14(2)35-22(31)25-7-6-23(4,5)21(30)38-9-8-33-37(32)34-11-16-10-15(3)20(36-16)29-13-28-17-18(24)26-12-27-19(17)29/h12-16,20H,6-11H2,1-5H3,(H2-,24,25,26,27,31)/p+1. The van der Waals surface area contributed by atoms with Gasteiger partial charge in [-0.05, 0) is 26.7 Å². The van der Waals surface area contributed by atoms with Crippen LogP contribution >= 0.6 is 20.0 Å². The van der Waals surface area contributed by atoms with Crippen molar-refractivity contribution in [2.75, 3.05) is 31.2 Å². The summed E-state index contributed by atoms with van der Waals surface area (Å²) in [7, 11) is -2.36. The molecule has 4 atom stereocenters. The number of anilines is 1. The van der Waals surface area contributed by atoms with Crippen molar-refractivity contribution in [3.05, 3.63) is 12.7 Å². The molecule has 13 nitrogen and oxygen atoms in total. The fourth-order valence-corrected chi connectivity index (χ4v) is 5.45. The topological polar surface area (TPSA) is 170 Å². The van der Waals surface area contributed by atoms with Crippen LogP contribution in [0.3, 0.4) is 0 Å². The maximum absolute atomic E-state index is 12.5. The largest absolute Gasteiger partial charge is 0.697 e. The van der Waals surface area contributed by atoms with Crippen molar-refractivity contribution in [2.24, 2.45) is 11.3 Å². The van der Waals surface area contributed by atoms with Crippen LogP contribution < -0.4 is 11.1 Å². The average Bonchev–Trinajstić information content (AvgIpc) is 3.43. The Labute approximate surface area is 226 Å². The molecule has 0 bridgehead atoms. The number of nitrogens with zero attached hydrogens (tertiary/aromatic N) is 4. The molecule has 210 valence electrons. The van der Waals surface area contributed by atoms with Crippen LogP contribution in [-0.2, 0) is 27.9 Å². The predicted molar refractivity (Wildman–Crippen MR) is 142 cm³/mol. The van der Waals surface area contributed by atoms with Crippen LogP contribution in [0.5, 0.6) is 0 Å². The first-order valence-electron chi connectivity index (χ1n) is 12.4. The number of carbonyl (C=O) groups excluding carboxylic acids is 2. The van der Waals surface area contributed by atoms with Gasteiger partial charge >= 0.3 is 14.3 Å². The van der Waals surface area contributed by atoms with Gasteiger partial charge in [-0.1, -0.05) is 32.5 Å². The third kappa shape index (κ3) is 8.31. The smallest absolute Gasteiger partial charge is 0.447 e. The van der Waals surface area contributed by atoms with Crippen LogP contribution in [0.25, 0.3) is 11.2 Å². The van der Waals surface area contributed by atoms with Gasteiger partial charge in [-0.25, -0.2) is 19.7 Å². The van der Waals surface area contributed by atoms with E-state index in [1.54, 1.807) is 20.2 Å². The summed E-state index contributed by atoms with van der Waals surface area (Å²) in [5.41, 5.74) is 6.32. The Hall–Kier alpha value is -2.38. The first-order valence-corrected chi connectivity index (χ1v) is 14.5. The molecule has 3 heterocycles. The van der Waals surface area contributed by atoms with E-state index in [1.165, 1.54) is 6.33 Å². The fraction of sp³-hybridized carbons (Fsp3) is 0.696. The van der Waals surface area contributed by atoms with Crippen LogP contribution in [0, 0.1) is 11.3 Å². The number of alkyl carbamates (subject to hydrolysis) is 1. The fourth-order valence-electron chi connectivity index (χ4n) is 3.88. The molecule has 1 aliphatic heterocycles. The predicted octanol–water partition coefficient (Wildman–Crippen LogP) is 3.83. The summed E-state index contributed by atoms with van der Waals surface area (Å²) in [4.78, 5) is 36.6. The number of thioether (sulfide) groups is 1. The van der Waals surface area contributed by atoms with Gasteiger partial charge in [0.2, 0.25) is 0 Å². The molecular weight excluding hydrogens is 535 g/mol. The third-order valence-electron chi connectivity index (χ3n) is 5.91. The molecule has 0 saturated carbocycles. The second-order valence-corrected chi connectivity index (χ2v) is 12.0. The van der Waals surface area contributed by atoms with Gasteiger partial charge in [-0.2, -0.15) is 0 Å². The highest BCUT2D eigenvalue weighted by Gasteiger charge is 2.37. The number of imidazole rings is 1. The van der Waals surface area contributed by atoms with Crippen molar-refractivity contribution < 1.29 is 32.7 Å². The van der Waals surface area contributed by atoms with E-state index in [2.05, 4.69) is 20.3 Å². The molecule has 1 amide bonds. The van der Waals surface area contributed by atoms with E-state index in [-0.39, 0.29) is 42.7 Å². The summed E-state index contributed by atoms with van der Waals surface area (Å²) in [6, 6.07) is 0. The molecule has 3 rings (SSSR count). The van der Waals surface area contributed by atoms with Gasteiger partial charge in [0.05, 0.1) is 18.5 Å². The third-order valence-corrected chi connectivity index (χ3v) is 7.85. The first kappa shape index (κ1) is 30.2. The number of fused-ring (bicyclic) bond motifs is 1. The number of aromatic nitrogens is 4. The summed E-state index contributed by atoms with van der Waals surface area (Å²) >= 11 is 1.09. The maximum atomic E-state index is 12.5. The van der Waals surface area contributed by atoms with Crippen molar-refractivity contribution in [1.82, 2.24) is 24.8 Å². The van der Waals surface area contributed by atoms with Crippen LogP contribution in [0.15, 0.2) is 12.7 Å². The highest BCUT2D eigenvalue weighted by atomic mass is 32.2. The van der Waals surface area contributed by atoms with Gasteiger partial charge < -0.3 is 20.5 Å². The molecule has 2 aromatic heterocycles.